The van der Waals surface area contributed by atoms with Crippen molar-refractivity contribution in [2.45, 2.75) is 6.92 Å². The van der Waals surface area contributed by atoms with E-state index in [1.54, 1.807) is 0 Å². The van der Waals surface area contributed by atoms with Crippen LogP contribution in [0.1, 0.15) is 16.6 Å². The van der Waals surface area contributed by atoms with Gasteiger partial charge in [0.1, 0.15) is 0 Å². The summed E-state index contributed by atoms with van der Waals surface area (Å²) < 4.78 is 1.86. The first-order valence-electron chi connectivity index (χ1n) is 4.59. The highest BCUT2D eigenvalue weighted by Crippen LogP contribution is 2.32. The summed E-state index contributed by atoms with van der Waals surface area (Å²) in [4.78, 5) is 12.3. The lowest BCUT2D eigenvalue weighted by Crippen LogP contribution is -2.31. The van der Waals surface area contributed by atoms with Crippen molar-refractivity contribution in [1.82, 2.24) is 10.6 Å². The maximum absolute atomic E-state index is 11.6. The quantitative estimate of drug-likeness (QED) is 0.797. The molecule has 3 nitrogen and oxygen atoms in total. The zero-order chi connectivity index (χ0) is 11.3. The Bertz CT molecular complexity index is 321. The molecule has 0 saturated heterocycles. The molecule has 1 heterocycles. The standard InChI is InChI=1S/C9H12Br2N2OS/c1-2-12-3-4-13-9(14)7-5-6(10)8(11)15-7/h5,12H,2-4H2,1H3,(H,13,14). The van der Waals surface area contributed by atoms with Crippen molar-refractivity contribution in [3.8, 4) is 0 Å². The minimum Gasteiger partial charge on any atom is -0.350 e. The summed E-state index contributed by atoms with van der Waals surface area (Å²) in [5.74, 6) is -0.0238. The molecule has 1 aromatic rings. The van der Waals surface area contributed by atoms with Crippen LogP contribution in [0, 0.1) is 0 Å². The summed E-state index contributed by atoms with van der Waals surface area (Å²) in [6, 6.07) is 1.82. The minimum absolute atomic E-state index is 0.0238. The highest BCUT2D eigenvalue weighted by Gasteiger charge is 2.10. The Morgan fingerprint density at radius 1 is 1.47 bits per heavy atom. The Morgan fingerprint density at radius 3 is 2.73 bits per heavy atom. The minimum atomic E-state index is -0.0238. The molecular formula is C9H12Br2N2OS. The molecule has 1 aromatic heterocycles. The monoisotopic (exact) mass is 354 g/mol. The van der Waals surface area contributed by atoms with E-state index in [9.17, 15) is 4.79 Å². The molecule has 0 aromatic carbocycles. The predicted octanol–water partition coefficient (Wildman–Crippen LogP) is 2.61. The Balaban J connectivity index is 2.40. The molecule has 6 heteroatoms. The predicted molar refractivity (Wildman–Crippen MR) is 70.6 cm³/mol. The molecular weight excluding hydrogens is 344 g/mol. The van der Waals surface area contributed by atoms with E-state index >= 15 is 0 Å². The fraction of sp³-hybridized carbons (Fsp3) is 0.444. The van der Waals surface area contributed by atoms with E-state index in [4.69, 9.17) is 0 Å². The van der Waals surface area contributed by atoms with Crippen LogP contribution in [0.4, 0.5) is 0 Å². The van der Waals surface area contributed by atoms with E-state index in [1.807, 2.05) is 13.0 Å². The van der Waals surface area contributed by atoms with Crippen molar-refractivity contribution in [2.24, 2.45) is 0 Å². The van der Waals surface area contributed by atoms with Gasteiger partial charge in [0.2, 0.25) is 0 Å². The van der Waals surface area contributed by atoms with Gasteiger partial charge in [-0.1, -0.05) is 6.92 Å². The molecule has 1 amide bonds. The largest absolute Gasteiger partial charge is 0.350 e. The van der Waals surface area contributed by atoms with Gasteiger partial charge in [-0.2, -0.15) is 0 Å². The number of hydrogen-bond acceptors (Lipinski definition) is 3. The summed E-state index contributed by atoms with van der Waals surface area (Å²) in [6.45, 7) is 4.41. The highest BCUT2D eigenvalue weighted by molar-refractivity contribution is 9.13. The smallest absolute Gasteiger partial charge is 0.261 e. The van der Waals surface area contributed by atoms with Crippen molar-refractivity contribution in [1.29, 1.82) is 0 Å². The van der Waals surface area contributed by atoms with Gasteiger partial charge in [0.05, 0.1) is 8.66 Å². The molecule has 0 aliphatic carbocycles. The number of carbonyl (C=O) groups is 1. The molecule has 84 valence electrons. The number of carbonyl (C=O) groups excluding carboxylic acids is 1. The second-order valence-electron chi connectivity index (χ2n) is 2.84. The molecule has 15 heavy (non-hydrogen) atoms. The van der Waals surface area contributed by atoms with Gasteiger partial charge in [0.25, 0.3) is 5.91 Å². The van der Waals surface area contributed by atoms with E-state index in [0.29, 0.717) is 11.4 Å². The summed E-state index contributed by atoms with van der Waals surface area (Å²) in [6.07, 6.45) is 0. The molecule has 0 saturated carbocycles. The molecule has 0 bridgehead atoms. The Kier molecular flexibility index (Phi) is 5.81. The number of hydrogen-bond donors (Lipinski definition) is 2. The lowest BCUT2D eigenvalue weighted by atomic mass is 10.4. The Morgan fingerprint density at radius 2 is 2.20 bits per heavy atom. The van der Waals surface area contributed by atoms with Crippen molar-refractivity contribution in [3.05, 3.63) is 19.2 Å². The molecule has 0 aliphatic heterocycles. The summed E-state index contributed by atoms with van der Waals surface area (Å²) in [5, 5.41) is 5.98. The van der Waals surface area contributed by atoms with Gasteiger partial charge in [-0.25, -0.2) is 0 Å². The van der Waals surface area contributed by atoms with E-state index < -0.39 is 0 Å². The van der Waals surface area contributed by atoms with E-state index in [0.717, 1.165) is 21.3 Å². The number of rotatable bonds is 5. The van der Waals surface area contributed by atoms with Crippen LogP contribution in [0.2, 0.25) is 0 Å². The van der Waals surface area contributed by atoms with Crippen LogP contribution < -0.4 is 10.6 Å². The van der Waals surface area contributed by atoms with Crippen molar-refractivity contribution >= 4 is 49.1 Å². The molecule has 2 N–H and O–H groups in total. The first-order valence-corrected chi connectivity index (χ1v) is 6.99. The third kappa shape index (κ3) is 4.22. The summed E-state index contributed by atoms with van der Waals surface area (Å²) in [5.41, 5.74) is 0. The van der Waals surface area contributed by atoms with Crippen LogP contribution >= 0.6 is 43.2 Å². The topological polar surface area (TPSA) is 41.1 Å². The molecule has 0 spiro atoms. The van der Waals surface area contributed by atoms with Crippen molar-refractivity contribution in [2.75, 3.05) is 19.6 Å². The van der Waals surface area contributed by atoms with Gasteiger partial charge < -0.3 is 10.6 Å². The van der Waals surface area contributed by atoms with E-state index in [1.165, 1.54) is 11.3 Å². The lowest BCUT2D eigenvalue weighted by molar-refractivity contribution is 0.0958. The second-order valence-corrected chi connectivity index (χ2v) is 6.07. The molecule has 0 atom stereocenters. The van der Waals surface area contributed by atoms with E-state index in [-0.39, 0.29) is 5.91 Å². The SMILES string of the molecule is CCNCCNC(=O)c1cc(Br)c(Br)s1. The average Bonchev–Trinajstić information content (AvgIpc) is 2.54. The number of nitrogens with one attached hydrogen (secondary N) is 2. The van der Waals surface area contributed by atoms with Gasteiger partial charge in [-0.15, -0.1) is 11.3 Å². The van der Waals surface area contributed by atoms with Crippen LogP contribution in [0.25, 0.3) is 0 Å². The first kappa shape index (κ1) is 13.2. The maximum atomic E-state index is 11.6. The number of thiophene rings is 1. The van der Waals surface area contributed by atoms with Crippen LogP contribution in [-0.4, -0.2) is 25.5 Å². The number of likely N-dealkylation sites (N-methyl/N-ethyl adjacent to an activating group) is 1. The molecule has 0 radical (unpaired) electrons. The van der Waals surface area contributed by atoms with Gasteiger partial charge in [-0.05, 0) is 44.5 Å². The third-order valence-electron chi connectivity index (χ3n) is 1.71. The number of amides is 1. The highest BCUT2D eigenvalue weighted by atomic mass is 79.9. The zero-order valence-corrected chi connectivity index (χ0v) is 12.3. The van der Waals surface area contributed by atoms with E-state index in [2.05, 4.69) is 42.5 Å². The van der Waals surface area contributed by atoms with Gasteiger partial charge in [0.15, 0.2) is 0 Å². The van der Waals surface area contributed by atoms with Crippen LogP contribution in [0.5, 0.6) is 0 Å². The van der Waals surface area contributed by atoms with Crippen molar-refractivity contribution in [3.63, 3.8) is 0 Å². The lowest BCUT2D eigenvalue weighted by Gasteiger charge is -2.03. The Labute approximate surface area is 110 Å². The molecule has 0 fully saturated rings. The normalized spacial score (nSPS) is 10.3. The van der Waals surface area contributed by atoms with Gasteiger partial charge in [0, 0.05) is 17.6 Å². The van der Waals surface area contributed by atoms with Crippen molar-refractivity contribution < 1.29 is 4.79 Å². The maximum Gasteiger partial charge on any atom is 0.261 e. The molecule has 0 unspecified atom stereocenters. The fourth-order valence-electron chi connectivity index (χ4n) is 0.987. The summed E-state index contributed by atoms with van der Waals surface area (Å²) >= 11 is 8.13. The van der Waals surface area contributed by atoms with Crippen LogP contribution in [0.3, 0.4) is 0 Å². The third-order valence-corrected chi connectivity index (χ3v) is 4.96. The molecule has 0 aliphatic rings. The molecule has 1 rings (SSSR count). The number of halogens is 2. The zero-order valence-electron chi connectivity index (χ0n) is 8.27. The fourth-order valence-corrected chi connectivity index (χ4v) is 2.94. The average molecular weight is 356 g/mol. The van der Waals surface area contributed by atoms with Crippen LogP contribution in [0.15, 0.2) is 14.3 Å². The van der Waals surface area contributed by atoms with Gasteiger partial charge in [-0.3, -0.25) is 4.79 Å². The first-order chi connectivity index (χ1) is 7.15. The Hall–Kier alpha value is 0.0900. The van der Waals surface area contributed by atoms with Gasteiger partial charge >= 0.3 is 0 Å². The second kappa shape index (κ2) is 6.62. The summed E-state index contributed by atoms with van der Waals surface area (Å²) in [7, 11) is 0. The van der Waals surface area contributed by atoms with Crippen LogP contribution in [-0.2, 0) is 0 Å².